The van der Waals surface area contributed by atoms with Gasteiger partial charge in [0.05, 0.1) is 6.54 Å². The zero-order valence-electron chi connectivity index (χ0n) is 10.2. The Bertz CT molecular complexity index is 674. The summed E-state index contributed by atoms with van der Waals surface area (Å²) in [7, 11) is 0. The summed E-state index contributed by atoms with van der Waals surface area (Å²) >= 11 is 0. The smallest absolute Gasteiger partial charge is 0.272 e. The molecule has 0 aliphatic heterocycles. The van der Waals surface area contributed by atoms with E-state index in [9.17, 15) is 18.8 Å². The highest BCUT2D eigenvalue weighted by Crippen LogP contribution is 2.03. The van der Waals surface area contributed by atoms with Crippen molar-refractivity contribution in [3.63, 3.8) is 0 Å². The van der Waals surface area contributed by atoms with Crippen LogP contribution in [0, 0.1) is 5.82 Å². The van der Waals surface area contributed by atoms with Gasteiger partial charge in [-0.15, -0.1) is 0 Å². The second-order valence-corrected chi connectivity index (χ2v) is 3.92. The van der Waals surface area contributed by atoms with Gasteiger partial charge in [0, 0.05) is 11.6 Å². The number of carbonyl (C=O) groups is 2. The molecule has 2 rings (SSSR count). The number of nitrogens with one attached hydrogen (secondary N) is 2. The summed E-state index contributed by atoms with van der Waals surface area (Å²) in [5.41, 5.74) is -0.137. The van der Waals surface area contributed by atoms with E-state index in [2.05, 4.69) is 15.5 Å². The number of hydrogen-bond acceptors (Lipinski definition) is 4. The molecule has 0 atom stereocenters. The van der Waals surface area contributed by atoms with Gasteiger partial charge in [0.1, 0.15) is 11.5 Å². The average Bonchev–Trinajstić information content (AvgIpc) is 2.46. The van der Waals surface area contributed by atoms with Gasteiger partial charge in [-0.25, -0.2) is 9.49 Å². The van der Waals surface area contributed by atoms with Crippen molar-refractivity contribution in [1.82, 2.24) is 15.5 Å². The number of halogens is 1. The first-order chi connectivity index (χ1) is 9.56. The van der Waals surface area contributed by atoms with Gasteiger partial charge in [-0.05, 0) is 30.3 Å². The van der Waals surface area contributed by atoms with Gasteiger partial charge >= 0.3 is 0 Å². The summed E-state index contributed by atoms with van der Waals surface area (Å²) in [4.78, 5) is 34.2. The van der Waals surface area contributed by atoms with E-state index in [0.717, 1.165) is 6.07 Å². The third-order valence-electron chi connectivity index (χ3n) is 2.49. The summed E-state index contributed by atoms with van der Waals surface area (Å²) in [6.07, 6.45) is 0. The summed E-state index contributed by atoms with van der Waals surface area (Å²) < 4.78 is 12.7. The van der Waals surface area contributed by atoms with E-state index in [1.807, 2.05) is 0 Å². The Labute approximate surface area is 112 Å². The number of nitrogens with zero attached hydrogens (tertiary/aromatic N) is 1. The Hall–Kier alpha value is -2.83. The molecule has 20 heavy (non-hydrogen) atoms. The van der Waals surface area contributed by atoms with Gasteiger partial charge in [-0.2, -0.15) is 5.10 Å². The van der Waals surface area contributed by atoms with Gasteiger partial charge < -0.3 is 5.32 Å². The zero-order chi connectivity index (χ0) is 14.5. The van der Waals surface area contributed by atoms with Gasteiger partial charge in [-0.1, -0.05) is 0 Å². The predicted octanol–water partition coefficient (Wildman–Crippen LogP) is 0.522. The fourth-order valence-electron chi connectivity index (χ4n) is 1.46. The van der Waals surface area contributed by atoms with Crippen molar-refractivity contribution >= 4 is 11.7 Å². The SMILES string of the molecule is O=C(CNC(=O)c1ccc(=O)[nH]n1)c1ccc(F)cc1. The lowest BCUT2D eigenvalue weighted by Crippen LogP contribution is -2.30. The number of ketones is 1. The molecule has 0 spiro atoms. The quantitative estimate of drug-likeness (QED) is 0.796. The number of aromatic nitrogens is 2. The Morgan fingerprint density at radius 2 is 1.85 bits per heavy atom. The molecule has 7 heteroatoms. The van der Waals surface area contributed by atoms with Gasteiger partial charge in [0.15, 0.2) is 5.78 Å². The average molecular weight is 275 g/mol. The lowest BCUT2D eigenvalue weighted by atomic mass is 10.1. The van der Waals surface area contributed by atoms with E-state index >= 15 is 0 Å². The molecule has 0 saturated carbocycles. The topological polar surface area (TPSA) is 91.9 Å². The Morgan fingerprint density at radius 1 is 1.15 bits per heavy atom. The van der Waals surface area contributed by atoms with Crippen molar-refractivity contribution in [3.05, 3.63) is 63.8 Å². The van der Waals surface area contributed by atoms with Crippen molar-refractivity contribution in [3.8, 4) is 0 Å². The third kappa shape index (κ3) is 3.35. The predicted molar refractivity (Wildman–Crippen MR) is 67.9 cm³/mol. The van der Waals surface area contributed by atoms with Crippen LogP contribution in [0.3, 0.4) is 0 Å². The molecule has 6 nitrogen and oxygen atoms in total. The monoisotopic (exact) mass is 275 g/mol. The molecule has 0 bridgehead atoms. The first-order valence-corrected chi connectivity index (χ1v) is 5.69. The minimum Gasteiger partial charge on any atom is -0.343 e. The first kappa shape index (κ1) is 13.6. The molecule has 0 aliphatic rings. The van der Waals surface area contributed by atoms with Crippen molar-refractivity contribution in [1.29, 1.82) is 0 Å². The highest BCUT2D eigenvalue weighted by molar-refractivity contribution is 6.01. The Kier molecular flexibility index (Phi) is 3.99. The van der Waals surface area contributed by atoms with Gasteiger partial charge in [-0.3, -0.25) is 14.4 Å². The first-order valence-electron chi connectivity index (χ1n) is 5.69. The summed E-state index contributed by atoms with van der Waals surface area (Å²) in [5.74, 6) is -1.39. The van der Waals surface area contributed by atoms with Crippen LogP contribution >= 0.6 is 0 Å². The maximum absolute atomic E-state index is 12.7. The lowest BCUT2D eigenvalue weighted by Gasteiger charge is -2.03. The molecule has 0 radical (unpaired) electrons. The number of Topliss-reactive ketones (excluding diaryl/α,β-unsaturated/α-hetero) is 1. The number of rotatable bonds is 4. The van der Waals surface area contributed by atoms with Crippen LogP contribution in [0.15, 0.2) is 41.2 Å². The van der Waals surface area contributed by atoms with E-state index in [4.69, 9.17) is 0 Å². The number of H-pyrrole nitrogens is 1. The van der Waals surface area contributed by atoms with Crippen LogP contribution in [0.25, 0.3) is 0 Å². The van der Waals surface area contributed by atoms with Crippen LogP contribution in [-0.4, -0.2) is 28.4 Å². The van der Waals surface area contributed by atoms with Gasteiger partial charge in [0.25, 0.3) is 11.5 Å². The van der Waals surface area contributed by atoms with Crippen LogP contribution in [-0.2, 0) is 0 Å². The van der Waals surface area contributed by atoms with Crippen molar-refractivity contribution < 1.29 is 14.0 Å². The third-order valence-corrected chi connectivity index (χ3v) is 2.49. The maximum Gasteiger partial charge on any atom is 0.272 e. The molecule has 2 aromatic rings. The minimum absolute atomic E-state index is 0.00324. The number of benzene rings is 1. The summed E-state index contributed by atoms with van der Waals surface area (Å²) in [6, 6.07) is 7.40. The molecular weight excluding hydrogens is 265 g/mol. The van der Waals surface area contributed by atoms with Crippen LogP contribution in [0.5, 0.6) is 0 Å². The molecule has 0 unspecified atom stereocenters. The normalized spacial score (nSPS) is 10.1. The summed E-state index contributed by atoms with van der Waals surface area (Å²) in [6.45, 7) is -0.245. The van der Waals surface area contributed by atoms with E-state index in [1.54, 1.807) is 0 Å². The van der Waals surface area contributed by atoms with Crippen LogP contribution in [0.2, 0.25) is 0 Å². The summed E-state index contributed by atoms with van der Waals surface area (Å²) in [5, 5.41) is 8.01. The van der Waals surface area contributed by atoms with Crippen molar-refractivity contribution in [2.45, 2.75) is 0 Å². The second kappa shape index (κ2) is 5.87. The van der Waals surface area contributed by atoms with E-state index in [1.165, 1.54) is 30.3 Å². The molecule has 102 valence electrons. The number of amides is 1. The van der Waals surface area contributed by atoms with Crippen LogP contribution in [0.1, 0.15) is 20.8 Å². The molecular formula is C13H10FN3O3. The lowest BCUT2D eigenvalue weighted by molar-refractivity contribution is 0.0900. The fraction of sp³-hybridized carbons (Fsp3) is 0.0769. The van der Waals surface area contributed by atoms with E-state index in [0.29, 0.717) is 5.56 Å². The fourth-order valence-corrected chi connectivity index (χ4v) is 1.46. The van der Waals surface area contributed by atoms with Crippen LogP contribution in [0.4, 0.5) is 4.39 Å². The molecule has 2 N–H and O–H groups in total. The standard InChI is InChI=1S/C13H10FN3O3/c14-9-3-1-8(2-4-9)11(18)7-15-13(20)10-5-6-12(19)17-16-10/h1-6H,7H2,(H,15,20)(H,17,19). The maximum atomic E-state index is 12.7. The molecule has 0 aliphatic carbocycles. The number of hydrogen-bond donors (Lipinski definition) is 2. The number of carbonyl (C=O) groups excluding carboxylic acids is 2. The largest absolute Gasteiger partial charge is 0.343 e. The molecule has 0 saturated heterocycles. The highest BCUT2D eigenvalue weighted by Gasteiger charge is 2.11. The zero-order valence-corrected chi connectivity index (χ0v) is 10.2. The molecule has 1 amide bonds. The number of aromatic amines is 1. The second-order valence-electron chi connectivity index (χ2n) is 3.92. The molecule has 1 heterocycles. The van der Waals surface area contributed by atoms with Gasteiger partial charge in [0.2, 0.25) is 0 Å². The molecule has 1 aromatic carbocycles. The Morgan fingerprint density at radius 3 is 2.45 bits per heavy atom. The Balaban J connectivity index is 1.96. The molecule has 0 fully saturated rings. The van der Waals surface area contributed by atoms with Crippen molar-refractivity contribution in [2.75, 3.05) is 6.54 Å². The van der Waals surface area contributed by atoms with E-state index in [-0.39, 0.29) is 18.0 Å². The molecule has 1 aromatic heterocycles. The minimum atomic E-state index is -0.586. The van der Waals surface area contributed by atoms with E-state index < -0.39 is 17.3 Å². The van der Waals surface area contributed by atoms with Crippen LogP contribution < -0.4 is 10.9 Å². The van der Waals surface area contributed by atoms with Crippen molar-refractivity contribution in [2.24, 2.45) is 0 Å². The highest BCUT2D eigenvalue weighted by atomic mass is 19.1.